The number of carbonyl (C=O) groups excluding carboxylic acids is 1. The van der Waals surface area contributed by atoms with Crippen molar-refractivity contribution in [3.8, 4) is 11.3 Å². The third-order valence-corrected chi connectivity index (χ3v) is 5.19. The van der Waals surface area contributed by atoms with Crippen molar-refractivity contribution in [3.05, 3.63) is 77.1 Å². The Bertz CT molecular complexity index is 1210. The molecule has 0 aliphatic carbocycles. The predicted octanol–water partition coefficient (Wildman–Crippen LogP) is 3.86. The fourth-order valence-corrected chi connectivity index (χ4v) is 3.29. The molecule has 2 aromatic carbocycles. The topological polar surface area (TPSA) is 96.7 Å². The number of anilines is 1. The van der Waals surface area contributed by atoms with Crippen molar-refractivity contribution in [2.24, 2.45) is 5.16 Å². The standard InChI is InChI=1S/C23H20F2N4O3/c1-12-7-8-13(20-21(30)23(2,3)32-29-20)9-14(12)17-10-27-18(11-26-17)28-22(31)19-15(24)5-4-6-16(19)25/h4-11,21,30H,1-3H3,(H,27,28,31). The van der Waals surface area contributed by atoms with Gasteiger partial charge in [0.05, 0.1) is 18.1 Å². The maximum absolute atomic E-state index is 13.8. The summed E-state index contributed by atoms with van der Waals surface area (Å²) < 4.78 is 27.6. The van der Waals surface area contributed by atoms with Gasteiger partial charge < -0.3 is 15.3 Å². The SMILES string of the molecule is Cc1ccc(C2=NOC(C)(C)C2O)cc1-c1cnc(NC(=O)c2c(F)cccc2F)cn1. The smallest absolute Gasteiger partial charge is 0.262 e. The maximum atomic E-state index is 13.8. The highest BCUT2D eigenvalue weighted by Gasteiger charge is 2.40. The van der Waals surface area contributed by atoms with Crippen LogP contribution < -0.4 is 5.32 Å². The van der Waals surface area contributed by atoms with Gasteiger partial charge in [0.2, 0.25) is 0 Å². The number of nitrogens with zero attached hydrogens (tertiary/aromatic N) is 3. The van der Waals surface area contributed by atoms with E-state index in [1.165, 1.54) is 18.5 Å². The van der Waals surface area contributed by atoms with Crippen molar-refractivity contribution in [1.29, 1.82) is 0 Å². The monoisotopic (exact) mass is 438 g/mol. The van der Waals surface area contributed by atoms with E-state index in [1.807, 2.05) is 25.1 Å². The molecule has 9 heteroatoms. The number of benzene rings is 2. The van der Waals surface area contributed by atoms with E-state index in [0.29, 0.717) is 17.0 Å². The molecule has 0 saturated heterocycles. The lowest BCUT2D eigenvalue weighted by Gasteiger charge is -2.20. The Morgan fingerprint density at radius 1 is 1.12 bits per heavy atom. The van der Waals surface area contributed by atoms with E-state index < -0.39 is 34.8 Å². The van der Waals surface area contributed by atoms with Gasteiger partial charge in [0.25, 0.3) is 5.91 Å². The van der Waals surface area contributed by atoms with Gasteiger partial charge >= 0.3 is 0 Å². The molecule has 1 unspecified atom stereocenters. The number of oxime groups is 1. The maximum Gasteiger partial charge on any atom is 0.262 e. The first-order valence-corrected chi connectivity index (χ1v) is 9.80. The van der Waals surface area contributed by atoms with Crippen LogP contribution in [0.2, 0.25) is 0 Å². The first-order chi connectivity index (χ1) is 15.2. The lowest BCUT2D eigenvalue weighted by Crippen LogP contribution is -2.38. The summed E-state index contributed by atoms with van der Waals surface area (Å²) in [6, 6.07) is 8.69. The molecule has 0 spiro atoms. The number of amides is 1. The second kappa shape index (κ2) is 8.08. The molecule has 4 rings (SSSR count). The Balaban J connectivity index is 1.58. The Labute approximate surface area is 182 Å². The van der Waals surface area contributed by atoms with Gasteiger partial charge in [-0.05, 0) is 44.5 Å². The molecular formula is C23H20F2N4O3. The highest BCUT2D eigenvalue weighted by molar-refractivity contribution is 6.06. The Morgan fingerprint density at radius 2 is 1.84 bits per heavy atom. The van der Waals surface area contributed by atoms with E-state index >= 15 is 0 Å². The summed E-state index contributed by atoms with van der Waals surface area (Å²) in [6.07, 6.45) is 1.85. The Morgan fingerprint density at radius 3 is 2.44 bits per heavy atom. The molecule has 1 atom stereocenters. The first-order valence-electron chi connectivity index (χ1n) is 9.80. The molecular weight excluding hydrogens is 418 g/mol. The summed E-state index contributed by atoms with van der Waals surface area (Å²) in [6.45, 7) is 5.38. The van der Waals surface area contributed by atoms with Crippen LogP contribution in [0.3, 0.4) is 0 Å². The normalized spacial score (nSPS) is 16.9. The van der Waals surface area contributed by atoms with E-state index in [9.17, 15) is 18.7 Å². The van der Waals surface area contributed by atoms with E-state index in [4.69, 9.17) is 4.84 Å². The number of hydrogen-bond acceptors (Lipinski definition) is 6. The van der Waals surface area contributed by atoms with Gasteiger partial charge in [-0.1, -0.05) is 23.4 Å². The van der Waals surface area contributed by atoms with Gasteiger partial charge in [-0.15, -0.1) is 0 Å². The van der Waals surface area contributed by atoms with E-state index in [2.05, 4.69) is 20.4 Å². The molecule has 0 fully saturated rings. The van der Waals surface area contributed by atoms with Crippen LogP contribution in [0.25, 0.3) is 11.3 Å². The highest BCUT2D eigenvalue weighted by atomic mass is 19.1. The molecule has 1 amide bonds. The van der Waals surface area contributed by atoms with Crippen LogP contribution in [0.4, 0.5) is 14.6 Å². The summed E-state index contributed by atoms with van der Waals surface area (Å²) in [5, 5.41) is 16.8. The number of halogens is 2. The number of aliphatic hydroxyl groups is 1. The molecule has 1 aromatic heterocycles. The van der Waals surface area contributed by atoms with Gasteiger partial charge in [-0.25, -0.2) is 13.8 Å². The van der Waals surface area contributed by atoms with Crippen LogP contribution in [0.1, 0.15) is 35.3 Å². The van der Waals surface area contributed by atoms with Crippen molar-refractivity contribution in [3.63, 3.8) is 0 Å². The molecule has 164 valence electrons. The van der Waals surface area contributed by atoms with E-state index in [1.54, 1.807) is 13.8 Å². The Kier molecular flexibility index (Phi) is 5.43. The van der Waals surface area contributed by atoms with Crippen molar-refractivity contribution >= 4 is 17.4 Å². The van der Waals surface area contributed by atoms with Crippen LogP contribution >= 0.6 is 0 Å². The van der Waals surface area contributed by atoms with E-state index in [-0.39, 0.29) is 5.82 Å². The fourth-order valence-electron chi connectivity index (χ4n) is 3.29. The van der Waals surface area contributed by atoms with Crippen LogP contribution in [0.15, 0.2) is 53.9 Å². The number of carbonyl (C=O) groups is 1. The van der Waals surface area contributed by atoms with Gasteiger partial charge in [0, 0.05) is 11.1 Å². The fraction of sp³-hybridized carbons (Fsp3) is 0.217. The zero-order valence-electron chi connectivity index (χ0n) is 17.6. The van der Waals surface area contributed by atoms with Crippen LogP contribution in [-0.4, -0.2) is 38.4 Å². The number of aromatic nitrogens is 2. The third kappa shape index (κ3) is 3.94. The number of rotatable bonds is 4. The number of nitrogens with one attached hydrogen (secondary N) is 1. The first kappa shape index (κ1) is 21.5. The van der Waals surface area contributed by atoms with Gasteiger partial charge in [0.15, 0.2) is 11.4 Å². The molecule has 1 aliphatic heterocycles. The van der Waals surface area contributed by atoms with Gasteiger partial charge in [0.1, 0.15) is 29.0 Å². The van der Waals surface area contributed by atoms with Gasteiger partial charge in [-0.2, -0.15) is 0 Å². The lowest BCUT2D eigenvalue weighted by atomic mass is 9.92. The quantitative estimate of drug-likeness (QED) is 0.645. The predicted molar refractivity (Wildman–Crippen MR) is 114 cm³/mol. The summed E-state index contributed by atoms with van der Waals surface area (Å²) in [4.78, 5) is 26.0. The van der Waals surface area contributed by atoms with Crippen molar-refractivity contribution in [2.45, 2.75) is 32.5 Å². The minimum atomic E-state index is -0.969. The number of hydrogen-bond donors (Lipinski definition) is 2. The molecule has 2 N–H and O–H groups in total. The Hall–Kier alpha value is -3.72. The molecule has 0 bridgehead atoms. The average Bonchev–Trinajstić information content (AvgIpc) is 3.02. The van der Waals surface area contributed by atoms with Crippen molar-refractivity contribution in [1.82, 2.24) is 9.97 Å². The number of aliphatic hydroxyl groups excluding tert-OH is 1. The third-order valence-electron chi connectivity index (χ3n) is 5.19. The van der Waals surface area contributed by atoms with Crippen molar-refractivity contribution in [2.75, 3.05) is 5.32 Å². The minimum absolute atomic E-state index is 0.0425. The highest BCUT2D eigenvalue weighted by Crippen LogP contribution is 2.29. The van der Waals surface area contributed by atoms with E-state index in [0.717, 1.165) is 23.3 Å². The van der Waals surface area contributed by atoms with Crippen molar-refractivity contribution < 1.29 is 23.5 Å². The van der Waals surface area contributed by atoms with Gasteiger partial charge in [-0.3, -0.25) is 9.78 Å². The molecule has 3 aromatic rings. The zero-order chi connectivity index (χ0) is 23.0. The summed E-state index contributed by atoms with van der Waals surface area (Å²) in [7, 11) is 0. The summed E-state index contributed by atoms with van der Waals surface area (Å²) in [5.41, 5.74) is 1.74. The summed E-state index contributed by atoms with van der Waals surface area (Å²) in [5.74, 6) is -2.86. The molecule has 32 heavy (non-hydrogen) atoms. The number of aryl methyl sites for hydroxylation is 1. The molecule has 0 saturated carbocycles. The molecule has 7 nitrogen and oxygen atoms in total. The second-order valence-corrected chi connectivity index (χ2v) is 7.94. The molecule has 2 heterocycles. The minimum Gasteiger partial charge on any atom is -0.386 e. The zero-order valence-corrected chi connectivity index (χ0v) is 17.6. The summed E-state index contributed by atoms with van der Waals surface area (Å²) >= 11 is 0. The molecule has 0 radical (unpaired) electrons. The lowest BCUT2D eigenvalue weighted by molar-refractivity contribution is -0.0476. The second-order valence-electron chi connectivity index (χ2n) is 7.94. The molecule has 1 aliphatic rings. The van der Waals surface area contributed by atoms with Crippen LogP contribution in [0.5, 0.6) is 0 Å². The largest absolute Gasteiger partial charge is 0.386 e. The van der Waals surface area contributed by atoms with Crippen LogP contribution in [0, 0.1) is 18.6 Å². The van der Waals surface area contributed by atoms with Crippen LogP contribution in [-0.2, 0) is 4.84 Å². The average molecular weight is 438 g/mol.